The van der Waals surface area contributed by atoms with Gasteiger partial charge in [0.2, 0.25) is 0 Å². The molecule has 18 rings (SSSR count). The Labute approximate surface area is 546 Å². The minimum absolute atomic E-state index is 0.882. The van der Waals surface area contributed by atoms with Crippen molar-refractivity contribution in [3.63, 3.8) is 0 Å². The zero-order valence-electron chi connectivity index (χ0n) is 51.4. The quantitative estimate of drug-likeness (QED) is 0.0883. The molecule has 0 aliphatic heterocycles. The van der Waals surface area contributed by atoms with Crippen molar-refractivity contribution in [1.29, 1.82) is 0 Å². The number of fused-ring (bicyclic) bond motifs is 9. The van der Waals surface area contributed by atoms with Crippen LogP contribution in [-0.2, 0) is 0 Å². The second-order valence-electron chi connectivity index (χ2n) is 24.6. The van der Waals surface area contributed by atoms with Crippen molar-refractivity contribution in [3.05, 3.63) is 364 Å². The van der Waals surface area contributed by atoms with Crippen LogP contribution in [0.15, 0.2) is 368 Å². The van der Waals surface area contributed by atoms with Crippen LogP contribution in [0, 0.1) is 0 Å². The number of hydrogen-bond donors (Lipinski definition) is 0. The van der Waals surface area contributed by atoms with Gasteiger partial charge in [0, 0.05) is 54.7 Å². The van der Waals surface area contributed by atoms with E-state index in [0.717, 1.165) is 99.9 Å². The monoisotopic (exact) mass is 1210 g/mol. The Hall–Kier alpha value is -12.1. The summed E-state index contributed by atoms with van der Waals surface area (Å²) in [5.41, 5.74) is 22.5. The van der Waals surface area contributed by atoms with Gasteiger partial charge in [-0.1, -0.05) is 315 Å². The maximum Gasteiger partial charge on any atom is 0.179 e. The summed E-state index contributed by atoms with van der Waals surface area (Å²) in [5, 5.41) is 12.2. The molecule has 0 fully saturated rings. The van der Waals surface area contributed by atoms with Gasteiger partial charge in [0.05, 0.1) is 27.8 Å². The van der Waals surface area contributed by atoms with Gasteiger partial charge in [0.1, 0.15) is 11.2 Å². The van der Waals surface area contributed by atoms with Crippen LogP contribution in [-0.4, -0.2) is 17.2 Å². The molecule has 3 heterocycles. The number of furan rings is 1. The zero-order chi connectivity index (χ0) is 62.1. The lowest BCUT2D eigenvalue weighted by Crippen LogP contribution is -2.74. The highest BCUT2D eigenvalue weighted by atomic mass is 28.3. The van der Waals surface area contributed by atoms with Crippen molar-refractivity contribution >= 4 is 94.4 Å². The molecule has 0 radical (unpaired) electrons. The fourth-order valence-corrected chi connectivity index (χ4v) is 20.2. The molecule has 440 valence electrons. The molecule has 0 spiro atoms. The Bertz CT molecular complexity index is 5730. The topological polar surface area (TPSA) is 23.0 Å². The summed E-state index contributed by atoms with van der Waals surface area (Å²) in [5.74, 6) is 0. The lowest BCUT2D eigenvalue weighted by molar-refractivity contribution is 0.669. The van der Waals surface area contributed by atoms with Crippen molar-refractivity contribution in [3.8, 4) is 78.1 Å². The molecule has 0 saturated carbocycles. The largest absolute Gasteiger partial charge is 0.456 e. The van der Waals surface area contributed by atoms with Gasteiger partial charge in [-0.3, -0.25) is 0 Å². The van der Waals surface area contributed by atoms with E-state index in [0.29, 0.717) is 0 Å². The second-order valence-corrected chi connectivity index (χ2v) is 28.4. The van der Waals surface area contributed by atoms with Crippen LogP contribution in [0.5, 0.6) is 0 Å². The molecular formula is C90H60N2OSi. The Kier molecular flexibility index (Phi) is 13.2. The maximum absolute atomic E-state index is 6.50. The third-order valence-electron chi connectivity index (χ3n) is 19.4. The number of rotatable bonds is 12. The Balaban J connectivity index is 0.915. The first-order valence-electron chi connectivity index (χ1n) is 32.4. The number of para-hydroxylation sites is 4. The number of hydrogen-bond acceptors (Lipinski definition) is 1. The van der Waals surface area contributed by atoms with E-state index in [1.165, 1.54) is 64.5 Å². The van der Waals surface area contributed by atoms with Gasteiger partial charge in [0.15, 0.2) is 8.07 Å². The van der Waals surface area contributed by atoms with Gasteiger partial charge in [-0.25, -0.2) is 0 Å². The molecule has 0 N–H and O–H groups in total. The number of aromatic nitrogens is 2. The van der Waals surface area contributed by atoms with E-state index >= 15 is 0 Å². The fourth-order valence-electron chi connectivity index (χ4n) is 15.4. The minimum Gasteiger partial charge on any atom is -0.456 e. The summed E-state index contributed by atoms with van der Waals surface area (Å²) in [4.78, 5) is 0. The highest BCUT2D eigenvalue weighted by molar-refractivity contribution is 7.20. The number of benzene rings is 15. The van der Waals surface area contributed by atoms with E-state index in [2.05, 4.69) is 367 Å². The van der Waals surface area contributed by atoms with Gasteiger partial charge in [0.25, 0.3) is 0 Å². The molecule has 0 saturated heterocycles. The molecule has 0 aliphatic rings. The first-order valence-corrected chi connectivity index (χ1v) is 34.4. The van der Waals surface area contributed by atoms with Gasteiger partial charge in [-0.15, -0.1) is 0 Å². The first kappa shape index (κ1) is 54.8. The third kappa shape index (κ3) is 8.87. The average molecular weight is 1210 g/mol. The van der Waals surface area contributed by atoms with Gasteiger partial charge < -0.3 is 13.6 Å². The van der Waals surface area contributed by atoms with Crippen molar-refractivity contribution in [1.82, 2.24) is 9.13 Å². The molecule has 0 atom stereocenters. The van der Waals surface area contributed by atoms with Crippen LogP contribution in [0.3, 0.4) is 0 Å². The average Bonchev–Trinajstić information content (AvgIpc) is 1.04. The van der Waals surface area contributed by atoms with E-state index in [1.807, 2.05) is 6.07 Å². The van der Waals surface area contributed by atoms with E-state index in [1.54, 1.807) is 0 Å². The van der Waals surface area contributed by atoms with Crippen LogP contribution in [0.4, 0.5) is 0 Å². The molecule has 0 unspecified atom stereocenters. The Morgan fingerprint density at radius 1 is 0.223 bits per heavy atom. The fraction of sp³-hybridized carbons (Fsp3) is 0. The van der Waals surface area contributed by atoms with E-state index in [-0.39, 0.29) is 0 Å². The molecule has 0 bridgehead atoms. The van der Waals surface area contributed by atoms with Crippen LogP contribution < -0.4 is 20.7 Å². The van der Waals surface area contributed by atoms with Crippen LogP contribution in [0.2, 0.25) is 0 Å². The molecule has 18 aromatic rings. The standard InChI is InChI=1S/C90H60N2OSi/c1-7-29-61(30-8-1)65-55-66(62-31-9-2-10-32-62)57-70(56-65)94(68-37-15-5-16-38-68,69-39-17-6-18-40-69)71-59-80(63-33-11-3-12-34-63)90(81(60-71)64-35-13-4-14-36-64)92-84-50-25-22-44-75(84)82-58-67(53-54-85(82)92)91-83-49-24-21-43-74(83)78-48-27-47-77(89(78)91)73-42-20-19-41-72(73)76-46-28-52-87-88(76)79-45-23-26-51-86(79)93-87/h1-60H. The predicted octanol–water partition coefficient (Wildman–Crippen LogP) is 21.2. The van der Waals surface area contributed by atoms with E-state index < -0.39 is 8.07 Å². The molecule has 15 aromatic carbocycles. The predicted molar refractivity (Wildman–Crippen MR) is 399 cm³/mol. The van der Waals surface area contributed by atoms with Crippen molar-refractivity contribution in [2.24, 2.45) is 0 Å². The summed E-state index contributed by atoms with van der Waals surface area (Å²) in [6.45, 7) is 0. The molecule has 3 nitrogen and oxygen atoms in total. The molecule has 94 heavy (non-hydrogen) atoms. The summed E-state index contributed by atoms with van der Waals surface area (Å²) < 4.78 is 11.6. The number of nitrogens with zero attached hydrogens (tertiary/aromatic N) is 2. The summed E-state index contributed by atoms with van der Waals surface area (Å²) in [6, 6.07) is 135. The Morgan fingerprint density at radius 2 is 0.638 bits per heavy atom. The first-order chi connectivity index (χ1) is 46.7. The van der Waals surface area contributed by atoms with Crippen LogP contribution in [0.1, 0.15) is 0 Å². The SMILES string of the molecule is c1ccc(-c2cc(-c3ccccc3)cc([Si](c3ccccc3)(c3ccccc3)c3cc(-c4ccccc4)c(-n4c5ccccc5c5cc(-n6c7ccccc7c7cccc(-c8ccccc8-c8cccc9oc%10ccccc%10c89)c76)ccc54)c(-c4ccccc4)c3)c2)cc1. The maximum atomic E-state index is 6.50. The summed E-state index contributed by atoms with van der Waals surface area (Å²) in [6.07, 6.45) is 0. The zero-order valence-corrected chi connectivity index (χ0v) is 52.4. The lowest BCUT2D eigenvalue weighted by Gasteiger charge is -2.36. The normalized spacial score (nSPS) is 11.8. The van der Waals surface area contributed by atoms with Gasteiger partial charge in [-0.05, 0) is 119 Å². The molecule has 3 aromatic heterocycles. The van der Waals surface area contributed by atoms with Crippen molar-refractivity contribution in [2.45, 2.75) is 0 Å². The van der Waals surface area contributed by atoms with Gasteiger partial charge in [-0.2, -0.15) is 0 Å². The van der Waals surface area contributed by atoms with Crippen molar-refractivity contribution in [2.75, 3.05) is 0 Å². The second kappa shape index (κ2) is 22.7. The summed E-state index contributed by atoms with van der Waals surface area (Å²) in [7, 11) is -3.34. The lowest BCUT2D eigenvalue weighted by atomic mass is 9.91. The Morgan fingerprint density at radius 3 is 1.23 bits per heavy atom. The smallest absolute Gasteiger partial charge is 0.179 e. The summed E-state index contributed by atoms with van der Waals surface area (Å²) >= 11 is 0. The van der Waals surface area contributed by atoms with Crippen LogP contribution >= 0.6 is 0 Å². The van der Waals surface area contributed by atoms with E-state index in [9.17, 15) is 0 Å². The highest BCUT2D eigenvalue weighted by Gasteiger charge is 2.43. The van der Waals surface area contributed by atoms with E-state index in [4.69, 9.17) is 4.42 Å². The molecule has 4 heteroatoms. The molecule has 0 amide bonds. The minimum atomic E-state index is -3.34. The third-order valence-corrected chi connectivity index (χ3v) is 24.2. The van der Waals surface area contributed by atoms with Crippen molar-refractivity contribution < 1.29 is 4.42 Å². The molecular weight excluding hydrogens is 1150 g/mol. The van der Waals surface area contributed by atoms with Gasteiger partial charge >= 0.3 is 0 Å². The molecule has 0 aliphatic carbocycles. The van der Waals surface area contributed by atoms with Crippen LogP contribution in [0.25, 0.3) is 144 Å². The highest BCUT2D eigenvalue weighted by Crippen LogP contribution is 2.47.